The Balaban J connectivity index is 1.72. The monoisotopic (exact) mass is 224 g/mol. The average molecular weight is 224 g/mol. The van der Waals surface area contributed by atoms with Crippen molar-refractivity contribution in [3.8, 4) is 0 Å². The Morgan fingerprint density at radius 1 is 0.812 bits per heavy atom. The van der Waals surface area contributed by atoms with E-state index in [1.54, 1.807) is 0 Å². The van der Waals surface area contributed by atoms with E-state index < -0.39 is 0 Å². The summed E-state index contributed by atoms with van der Waals surface area (Å²) in [5.74, 6) is 3.08. The lowest BCUT2D eigenvalue weighted by atomic mass is 9.71. The lowest BCUT2D eigenvalue weighted by Gasteiger charge is -2.37. The van der Waals surface area contributed by atoms with Gasteiger partial charge >= 0.3 is 0 Å². The van der Waals surface area contributed by atoms with E-state index in [-0.39, 0.29) is 0 Å². The largest absolute Gasteiger partial charge is 0.379 e. The molecular weight excluding hydrogens is 196 g/mol. The zero-order valence-electron chi connectivity index (χ0n) is 11.1. The minimum absolute atomic E-state index is 0.587. The van der Waals surface area contributed by atoms with Crippen molar-refractivity contribution in [2.24, 2.45) is 17.8 Å². The first-order valence-electron chi connectivity index (χ1n) is 7.41. The van der Waals surface area contributed by atoms with Gasteiger partial charge in [-0.3, -0.25) is 0 Å². The van der Waals surface area contributed by atoms with Crippen molar-refractivity contribution in [2.45, 2.75) is 71.3 Å². The number of ether oxygens (including phenoxy) is 1. The predicted octanol–water partition coefficient (Wildman–Crippen LogP) is 4.41. The van der Waals surface area contributed by atoms with E-state index in [4.69, 9.17) is 4.74 Å². The second-order valence-electron chi connectivity index (χ2n) is 6.01. The van der Waals surface area contributed by atoms with Gasteiger partial charge < -0.3 is 4.74 Å². The Labute approximate surface area is 101 Å². The van der Waals surface area contributed by atoms with Crippen LogP contribution >= 0.6 is 0 Å². The third-order valence-corrected chi connectivity index (χ3v) is 4.85. The van der Waals surface area contributed by atoms with Crippen LogP contribution < -0.4 is 0 Å². The molecule has 0 N–H and O–H groups in total. The molecule has 2 rings (SSSR count). The fourth-order valence-electron chi connectivity index (χ4n) is 3.72. The van der Waals surface area contributed by atoms with Crippen LogP contribution in [0.5, 0.6) is 0 Å². The van der Waals surface area contributed by atoms with E-state index >= 15 is 0 Å². The molecule has 2 aliphatic rings. The van der Waals surface area contributed by atoms with E-state index in [1.165, 1.54) is 51.4 Å². The zero-order valence-corrected chi connectivity index (χ0v) is 11.1. The van der Waals surface area contributed by atoms with E-state index in [2.05, 4.69) is 13.8 Å². The maximum absolute atomic E-state index is 5.74. The summed E-state index contributed by atoms with van der Waals surface area (Å²) in [4.78, 5) is 0. The quantitative estimate of drug-likeness (QED) is 0.690. The van der Waals surface area contributed by atoms with Gasteiger partial charge in [0.25, 0.3) is 0 Å². The van der Waals surface area contributed by atoms with Crippen LogP contribution in [0.1, 0.15) is 65.2 Å². The van der Waals surface area contributed by atoms with Crippen LogP contribution in [0.25, 0.3) is 0 Å². The third-order valence-electron chi connectivity index (χ3n) is 4.85. The molecule has 0 unspecified atom stereocenters. The Hall–Kier alpha value is -0.0400. The molecule has 0 aromatic carbocycles. The highest BCUT2D eigenvalue weighted by molar-refractivity contribution is 4.81. The topological polar surface area (TPSA) is 9.23 Å². The summed E-state index contributed by atoms with van der Waals surface area (Å²) >= 11 is 0. The molecule has 1 nitrogen and oxygen atoms in total. The first-order valence-corrected chi connectivity index (χ1v) is 7.41. The molecule has 2 fully saturated rings. The Morgan fingerprint density at radius 3 is 1.81 bits per heavy atom. The van der Waals surface area contributed by atoms with Gasteiger partial charge in [0.2, 0.25) is 0 Å². The average Bonchev–Trinajstić information content (AvgIpc) is 2.32. The highest BCUT2D eigenvalue weighted by Crippen LogP contribution is 2.40. The maximum atomic E-state index is 5.74. The Kier molecular flexibility index (Phi) is 4.69. The molecule has 0 bridgehead atoms. The molecule has 0 saturated heterocycles. The van der Waals surface area contributed by atoms with Gasteiger partial charge in [-0.2, -0.15) is 0 Å². The van der Waals surface area contributed by atoms with Gasteiger partial charge in [-0.05, 0) is 63.2 Å². The second-order valence-corrected chi connectivity index (χ2v) is 6.01. The van der Waals surface area contributed by atoms with Crippen LogP contribution in [0, 0.1) is 17.8 Å². The van der Waals surface area contributed by atoms with Crippen molar-refractivity contribution >= 4 is 0 Å². The van der Waals surface area contributed by atoms with Crippen molar-refractivity contribution < 1.29 is 4.74 Å². The summed E-state index contributed by atoms with van der Waals surface area (Å²) in [5, 5.41) is 0. The van der Waals surface area contributed by atoms with Gasteiger partial charge in [0.05, 0.1) is 6.10 Å². The molecule has 1 heteroatoms. The molecule has 0 aromatic rings. The van der Waals surface area contributed by atoms with Crippen molar-refractivity contribution in [3.63, 3.8) is 0 Å². The Morgan fingerprint density at radius 2 is 1.31 bits per heavy atom. The smallest absolute Gasteiger partial charge is 0.0575 e. The summed E-state index contributed by atoms with van der Waals surface area (Å²) < 4.78 is 5.74. The van der Waals surface area contributed by atoms with Crippen LogP contribution in [0.2, 0.25) is 0 Å². The van der Waals surface area contributed by atoms with Crippen molar-refractivity contribution in [1.82, 2.24) is 0 Å². The van der Waals surface area contributed by atoms with Crippen molar-refractivity contribution in [3.05, 3.63) is 0 Å². The predicted molar refractivity (Wildman–Crippen MR) is 68.5 cm³/mol. The summed E-state index contributed by atoms with van der Waals surface area (Å²) in [6.45, 7) is 5.44. The van der Waals surface area contributed by atoms with Crippen LogP contribution in [-0.2, 0) is 4.74 Å². The molecule has 0 heterocycles. The minimum Gasteiger partial charge on any atom is -0.379 e. The van der Waals surface area contributed by atoms with Gasteiger partial charge in [-0.25, -0.2) is 0 Å². The summed E-state index contributed by atoms with van der Waals surface area (Å²) in [5.41, 5.74) is 0. The molecule has 0 atom stereocenters. The van der Waals surface area contributed by atoms with Crippen LogP contribution in [0.15, 0.2) is 0 Å². The SMILES string of the molecule is CCOC1CCC(C2CCC(C)CC2)CC1. The van der Waals surface area contributed by atoms with Gasteiger partial charge in [0, 0.05) is 6.61 Å². The summed E-state index contributed by atoms with van der Waals surface area (Å²) in [6, 6.07) is 0. The molecular formula is C15H28O. The molecule has 2 aliphatic carbocycles. The Bertz CT molecular complexity index is 186. The number of rotatable bonds is 3. The fraction of sp³-hybridized carbons (Fsp3) is 1.00. The highest BCUT2D eigenvalue weighted by atomic mass is 16.5. The van der Waals surface area contributed by atoms with Crippen LogP contribution in [0.4, 0.5) is 0 Å². The molecule has 0 spiro atoms. The normalized spacial score (nSPS) is 40.9. The molecule has 94 valence electrons. The summed E-state index contributed by atoms with van der Waals surface area (Å²) in [7, 11) is 0. The van der Waals surface area contributed by atoms with E-state index in [1.807, 2.05) is 0 Å². The van der Waals surface area contributed by atoms with E-state index in [0.29, 0.717) is 6.10 Å². The van der Waals surface area contributed by atoms with Gasteiger partial charge in [-0.15, -0.1) is 0 Å². The first kappa shape index (κ1) is 12.4. The summed E-state index contributed by atoms with van der Waals surface area (Å²) in [6.07, 6.45) is 12.1. The van der Waals surface area contributed by atoms with Gasteiger partial charge in [-0.1, -0.05) is 19.8 Å². The second kappa shape index (κ2) is 6.05. The first-order chi connectivity index (χ1) is 7.79. The molecule has 0 aliphatic heterocycles. The van der Waals surface area contributed by atoms with Crippen molar-refractivity contribution in [2.75, 3.05) is 6.61 Å². The third kappa shape index (κ3) is 3.23. The lowest BCUT2D eigenvalue weighted by molar-refractivity contribution is 0.0139. The lowest BCUT2D eigenvalue weighted by Crippen LogP contribution is -2.28. The zero-order chi connectivity index (χ0) is 11.4. The van der Waals surface area contributed by atoms with Crippen LogP contribution in [-0.4, -0.2) is 12.7 Å². The van der Waals surface area contributed by atoms with Crippen molar-refractivity contribution in [1.29, 1.82) is 0 Å². The van der Waals surface area contributed by atoms with Crippen LogP contribution in [0.3, 0.4) is 0 Å². The number of hydrogen-bond acceptors (Lipinski definition) is 1. The molecule has 2 saturated carbocycles. The maximum Gasteiger partial charge on any atom is 0.0575 e. The standard InChI is InChI=1S/C15H28O/c1-3-16-15-10-8-14(9-11-15)13-6-4-12(2)5-7-13/h12-15H,3-11H2,1-2H3. The van der Waals surface area contributed by atoms with E-state index in [9.17, 15) is 0 Å². The van der Waals surface area contributed by atoms with Gasteiger partial charge in [0.15, 0.2) is 0 Å². The molecule has 16 heavy (non-hydrogen) atoms. The molecule has 0 aromatic heterocycles. The minimum atomic E-state index is 0.587. The van der Waals surface area contributed by atoms with Gasteiger partial charge in [0.1, 0.15) is 0 Å². The fourth-order valence-corrected chi connectivity index (χ4v) is 3.72. The number of hydrogen-bond donors (Lipinski definition) is 0. The highest BCUT2D eigenvalue weighted by Gasteiger charge is 2.29. The molecule has 0 radical (unpaired) electrons. The molecule has 0 amide bonds. The van der Waals surface area contributed by atoms with E-state index in [0.717, 1.165) is 24.4 Å².